The maximum absolute atomic E-state index is 16.8. The Hall–Kier alpha value is -3.34. The van der Waals surface area contributed by atoms with Gasteiger partial charge in [-0.15, -0.1) is 0 Å². The van der Waals surface area contributed by atoms with Gasteiger partial charge in [-0.2, -0.15) is 9.97 Å². The van der Waals surface area contributed by atoms with E-state index >= 15 is 4.39 Å². The molecule has 8 nitrogen and oxygen atoms in total. The molecule has 2 N–H and O–H groups in total. The van der Waals surface area contributed by atoms with Crippen molar-refractivity contribution < 1.29 is 18.6 Å². The van der Waals surface area contributed by atoms with Crippen LogP contribution in [0, 0.1) is 11.7 Å². The molecule has 11 heteroatoms. The highest BCUT2D eigenvalue weighted by Gasteiger charge is 2.58. The van der Waals surface area contributed by atoms with Gasteiger partial charge in [0.05, 0.1) is 10.9 Å². The Kier molecular flexibility index (Phi) is 6.41. The van der Waals surface area contributed by atoms with Crippen LogP contribution in [0.5, 0.6) is 11.8 Å². The molecule has 4 aliphatic heterocycles. The lowest BCUT2D eigenvalue weighted by atomic mass is 9.89. The summed E-state index contributed by atoms with van der Waals surface area (Å²) in [7, 11) is 0. The zero-order chi connectivity index (χ0) is 30.4. The fourth-order valence-corrected chi connectivity index (χ4v) is 9.56. The molecule has 234 valence electrons. The Bertz CT molecular complexity index is 1830. The van der Waals surface area contributed by atoms with Crippen molar-refractivity contribution in [3.8, 4) is 23.0 Å². The monoisotopic (exact) mass is 632 g/mol. The topological polar surface area (TPSA) is 86.6 Å². The van der Waals surface area contributed by atoms with Crippen molar-refractivity contribution in [3.63, 3.8) is 0 Å². The largest absolute Gasteiger partial charge is 0.508 e. The predicted molar refractivity (Wildman–Crippen MR) is 169 cm³/mol. The van der Waals surface area contributed by atoms with E-state index in [1.807, 2.05) is 6.07 Å². The van der Waals surface area contributed by atoms with Gasteiger partial charge in [-0.05, 0) is 61.6 Å². The number of benzene rings is 2. The van der Waals surface area contributed by atoms with E-state index in [2.05, 4.69) is 25.1 Å². The normalized spacial score (nSPS) is 30.8. The summed E-state index contributed by atoms with van der Waals surface area (Å²) in [5.41, 5.74) is 0.129. The molecule has 5 aliphatic rings. The summed E-state index contributed by atoms with van der Waals surface area (Å²) in [4.78, 5) is 18.7. The summed E-state index contributed by atoms with van der Waals surface area (Å²) < 4.78 is 38.1. The zero-order valence-electron chi connectivity index (χ0n) is 24.9. The van der Waals surface area contributed by atoms with Gasteiger partial charge in [-0.1, -0.05) is 30.2 Å². The summed E-state index contributed by atoms with van der Waals surface area (Å²) in [6.07, 6.45) is 7.73. The molecule has 0 amide bonds. The Labute approximate surface area is 264 Å². The first-order chi connectivity index (χ1) is 21.8. The number of rotatable bonds is 5. The average Bonchev–Trinajstić information content (AvgIpc) is 3.76. The molecule has 6 heterocycles. The highest BCUT2D eigenvalue weighted by Crippen LogP contribution is 2.52. The lowest BCUT2D eigenvalue weighted by Gasteiger charge is -2.35. The van der Waals surface area contributed by atoms with Gasteiger partial charge in [0.2, 0.25) is 0 Å². The molecular formula is C34H35ClF2N6O2. The summed E-state index contributed by atoms with van der Waals surface area (Å²) in [6, 6.07) is 9.59. The van der Waals surface area contributed by atoms with Crippen LogP contribution in [0.4, 0.5) is 14.6 Å². The highest BCUT2D eigenvalue weighted by atomic mass is 35.5. The number of fused-ring (bicyclic) bond motifs is 7. The van der Waals surface area contributed by atoms with Crippen molar-refractivity contribution in [2.75, 3.05) is 31.1 Å². The van der Waals surface area contributed by atoms with Gasteiger partial charge in [0.15, 0.2) is 5.82 Å². The fraction of sp³-hybridized carbons (Fsp3) is 0.500. The third kappa shape index (κ3) is 4.47. The zero-order valence-corrected chi connectivity index (χ0v) is 25.6. The first-order valence-electron chi connectivity index (χ1n) is 16.2. The van der Waals surface area contributed by atoms with Gasteiger partial charge >= 0.3 is 6.01 Å². The van der Waals surface area contributed by atoms with Crippen LogP contribution < -0.4 is 15.0 Å². The van der Waals surface area contributed by atoms with Gasteiger partial charge < -0.3 is 20.1 Å². The fourth-order valence-electron chi connectivity index (χ4n) is 9.28. The molecule has 0 radical (unpaired) electrons. The number of hydrogen-bond acceptors (Lipinski definition) is 8. The van der Waals surface area contributed by atoms with Crippen molar-refractivity contribution >= 4 is 39.1 Å². The number of phenolic OH excluding ortho intramolecular Hbond substituents is 1. The SMILES string of the molecule is Oc1cc(-c2ncc3c(N4CC5CCC(C4)N5)nc(OC[C@@]45C[C@@H](F)CN4[C@@H]4CCC[C@@H]4C5)nc3c2F)c2c(Cl)cccc2c1. The van der Waals surface area contributed by atoms with Crippen LogP contribution in [0.25, 0.3) is 32.9 Å². The molecule has 2 aromatic carbocycles. The molecule has 4 saturated heterocycles. The summed E-state index contributed by atoms with van der Waals surface area (Å²) >= 11 is 6.59. The lowest BCUT2D eigenvalue weighted by Crippen LogP contribution is -2.51. The van der Waals surface area contributed by atoms with Gasteiger partial charge in [0.25, 0.3) is 0 Å². The van der Waals surface area contributed by atoms with E-state index < -0.39 is 12.0 Å². The number of anilines is 1. The molecule has 45 heavy (non-hydrogen) atoms. The van der Waals surface area contributed by atoms with Crippen LogP contribution in [-0.4, -0.2) is 81.0 Å². The quantitative estimate of drug-likeness (QED) is 0.276. The van der Waals surface area contributed by atoms with E-state index in [0.717, 1.165) is 38.8 Å². The summed E-state index contributed by atoms with van der Waals surface area (Å²) in [5, 5.41) is 16.4. The molecule has 2 unspecified atom stereocenters. The Morgan fingerprint density at radius 2 is 1.91 bits per heavy atom. The molecule has 1 saturated carbocycles. The smallest absolute Gasteiger partial charge is 0.319 e. The maximum Gasteiger partial charge on any atom is 0.319 e. The van der Waals surface area contributed by atoms with Gasteiger partial charge in [0, 0.05) is 66.3 Å². The molecule has 2 aromatic heterocycles. The third-order valence-electron chi connectivity index (χ3n) is 11.1. The van der Waals surface area contributed by atoms with Crippen LogP contribution in [0.3, 0.4) is 0 Å². The number of halogens is 3. The molecule has 2 bridgehead atoms. The number of aromatic nitrogens is 3. The number of phenols is 1. The van der Waals surface area contributed by atoms with E-state index in [4.69, 9.17) is 21.3 Å². The van der Waals surface area contributed by atoms with Crippen molar-refractivity contribution in [2.24, 2.45) is 5.92 Å². The number of nitrogens with zero attached hydrogens (tertiary/aromatic N) is 5. The minimum absolute atomic E-state index is 0.0161. The van der Waals surface area contributed by atoms with E-state index in [9.17, 15) is 9.50 Å². The first kappa shape index (κ1) is 27.9. The summed E-state index contributed by atoms with van der Waals surface area (Å²) in [5.74, 6) is 0.515. The standard InChI is InChI=1S/C34H35ClF2N6O2/c35-26-5-1-3-18-9-23(44)10-24(28(18)26)30-29(37)31-25(13-38-30)32(42-15-21-7-8-22(16-42)39-21)41-33(40-31)45-17-34-11-19-4-2-6-27(19)43(34)14-20(36)12-34/h1,3,5,9-10,13,19-22,27,39,44H,2,4,6-8,11-12,14-17H2/t19-,20-,21?,22?,27-,34-/m1/s1. The number of piperazine rings is 1. The molecule has 0 spiro atoms. The van der Waals surface area contributed by atoms with Crippen LogP contribution >= 0.6 is 11.6 Å². The summed E-state index contributed by atoms with van der Waals surface area (Å²) in [6.45, 7) is 2.19. The van der Waals surface area contributed by atoms with Crippen molar-refractivity contribution in [3.05, 3.63) is 47.4 Å². The minimum Gasteiger partial charge on any atom is -0.508 e. The van der Waals surface area contributed by atoms with Gasteiger partial charge in [-0.25, -0.2) is 8.78 Å². The van der Waals surface area contributed by atoms with Crippen molar-refractivity contribution in [1.29, 1.82) is 0 Å². The van der Waals surface area contributed by atoms with E-state index in [1.54, 1.807) is 24.4 Å². The molecule has 6 atom stereocenters. The second-order valence-corrected chi connectivity index (χ2v) is 14.2. The van der Waals surface area contributed by atoms with E-state index in [-0.39, 0.29) is 35.1 Å². The number of aromatic hydroxyl groups is 1. The van der Waals surface area contributed by atoms with Crippen LogP contribution in [0.15, 0.2) is 36.5 Å². The van der Waals surface area contributed by atoms with Crippen molar-refractivity contribution in [1.82, 2.24) is 25.2 Å². The van der Waals surface area contributed by atoms with Gasteiger partial charge in [-0.3, -0.25) is 9.88 Å². The first-order valence-corrected chi connectivity index (χ1v) is 16.6. The molecule has 1 aliphatic carbocycles. The predicted octanol–water partition coefficient (Wildman–Crippen LogP) is 6.02. The second-order valence-electron chi connectivity index (χ2n) is 13.8. The van der Waals surface area contributed by atoms with E-state index in [1.165, 1.54) is 18.9 Å². The lowest BCUT2D eigenvalue weighted by molar-refractivity contribution is 0.0832. The van der Waals surface area contributed by atoms with E-state index in [0.29, 0.717) is 69.6 Å². The highest BCUT2D eigenvalue weighted by molar-refractivity contribution is 6.36. The number of nitrogens with one attached hydrogen (secondary N) is 1. The van der Waals surface area contributed by atoms with Crippen molar-refractivity contribution in [2.45, 2.75) is 74.8 Å². The number of hydrogen-bond donors (Lipinski definition) is 2. The Balaban J connectivity index is 1.15. The Morgan fingerprint density at radius 3 is 2.76 bits per heavy atom. The van der Waals surface area contributed by atoms with Crippen LogP contribution in [-0.2, 0) is 0 Å². The Morgan fingerprint density at radius 1 is 1.07 bits per heavy atom. The number of ether oxygens (including phenoxy) is 1. The maximum atomic E-state index is 16.8. The molecule has 5 fully saturated rings. The molecule has 4 aromatic rings. The van der Waals surface area contributed by atoms with Gasteiger partial charge in [0.1, 0.15) is 35.6 Å². The number of pyridine rings is 1. The minimum atomic E-state index is -0.880. The molecule has 9 rings (SSSR count). The second kappa shape index (κ2) is 10.3. The molecular weight excluding hydrogens is 598 g/mol. The number of alkyl halides is 1. The average molecular weight is 633 g/mol. The van der Waals surface area contributed by atoms with Crippen LogP contribution in [0.1, 0.15) is 44.9 Å². The third-order valence-corrected chi connectivity index (χ3v) is 11.4. The van der Waals surface area contributed by atoms with Crippen LogP contribution in [0.2, 0.25) is 5.02 Å².